The molecule has 1 atom stereocenters. The molecule has 0 spiro atoms. The van der Waals surface area contributed by atoms with Gasteiger partial charge >= 0.3 is 0 Å². The fourth-order valence-electron chi connectivity index (χ4n) is 2.12. The summed E-state index contributed by atoms with van der Waals surface area (Å²) < 4.78 is 0. The number of alkyl halides is 1. The van der Waals surface area contributed by atoms with E-state index in [1.165, 1.54) is 18.5 Å². The van der Waals surface area contributed by atoms with E-state index in [4.69, 9.17) is 23.2 Å². The lowest BCUT2D eigenvalue weighted by Gasteiger charge is -2.29. The van der Waals surface area contributed by atoms with Crippen LogP contribution < -0.4 is 4.90 Å². The SMILES string of the molecule is CC(C1CC1)N(C)c1cccc(Cl)c1CCl. The molecule has 0 N–H and O–H groups in total. The van der Waals surface area contributed by atoms with Crippen LogP contribution in [-0.2, 0) is 5.88 Å². The van der Waals surface area contributed by atoms with Crippen molar-refractivity contribution in [2.24, 2.45) is 5.92 Å². The Morgan fingerprint density at radius 1 is 1.44 bits per heavy atom. The Kier molecular flexibility index (Phi) is 3.66. The molecule has 2 rings (SSSR count). The monoisotopic (exact) mass is 257 g/mol. The zero-order valence-electron chi connectivity index (χ0n) is 9.71. The van der Waals surface area contributed by atoms with Crippen LogP contribution in [0.2, 0.25) is 5.02 Å². The van der Waals surface area contributed by atoms with Gasteiger partial charge in [-0.05, 0) is 37.8 Å². The number of hydrogen-bond acceptors (Lipinski definition) is 1. The van der Waals surface area contributed by atoms with Gasteiger partial charge in [0.15, 0.2) is 0 Å². The topological polar surface area (TPSA) is 3.24 Å². The first-order valence-electron chi connectivity index (χ1n) is 5.71. The highest BCUT2D eigenvalue weighted by Gasteiger charge is 2.31. The lowest BCUT2D eigenvalue weighted by atomic mass is 10.1. The minimum Gasteiger partial charge on any atom is -0.371 e. The highest BCUT2D eigenvalue weighted by molar-refractivity contribution is 6.32. The van der Waals surface area contributed by atoms with Crippen molar-refractivity contribution in [1.29, 1.82) is 0 Å². The quantitative estimate of drug-likeness (QED) is 0.727. The van der Waals surface area contributed by atoms with Gasteiger partial charge in [0.25, 0.3) is 0 Å². The summed E-state index contributed by atoms with van der Waals surface area (Å²) in [5, 5.41) is 0.766. The molecule has 1 unspecified atom stereocenters. The third-order valence-corrected chi connectivity index (χ3v) is 4.14. The van der Waals surface area contributed by atoms with Gasteiger partial charge in [0.05, 0.1) is 5.88 Å². The highest BCUT2D eigenvalue weighted by Crippen LogP contribution is 2.38. The first-order valence-corrected chi connectivity index (χ1v) is 6.62. The minimum absolute atomic E-state index is 0.469. The van der Waals surface area contributed by atoms with Crippen LogP contribution in [0.25, 0.3) is 0 Å². The first-order chi connectivity index (χ1) is 7.65. The van der Waals surface area contributed by atoms with Crippen molar-refractivity contribution in [3.8, 4) is 0 Å². The van der Waals surface area contributed by atoms with Crippen molar-refractivity contribution >= 4 is 28.9 Å². The Balaban J connectivity index is 2.27. The van der Waals surface area contributed by atoms with Gasteiger partial charge in [-0.3, -0.25) is 0 Å². The molecule has 16 heavy (non-hydrogen) atoms. The molecule has 3 heteroatoms. The van der Waals surface area contributed by atoms with E-state index in [2.05, 4.69) is 24.9 Å². The molecule has 1 aromatic carbocycles. The van der Waals surface area contributed by atoms with Crippen molar-refractivity contribution in [2.75, 3.05) is 11.9 Å². The third kappa shape index (κ3) is 2.31. The maximum absolute atomic E-state index is 6.16. The molecule has 1 fully saturated rings. The van der Waals surface area contributed by atoms with Gasteiger partial charge in [-0.15, -0.1) is 11.6 Å². The fraction of sp³-hybridized carbons (Fsp3) is 0.538. The average molecular weight is 258 g/mol. The maximum Gasteiger partial charge on any atom is 0.0509 e. The maximum atomic E-state index is 6.16. The Hall–Kier alpha value is -0.400. The molecule has 0 aromatic heterocycles. The molecule has 1 aliphatic carbocycles. The molecule has 88 valence electrons. The molecule has 0 radical (unpaired) electrons. The second-order valence-corrected chi connectivity index (χ2v) is 5.23. The van der Waals surface area contributed by atoms with E-state index in [9.17, 15) is 0 Å². The number of halogens is 2. The van der Waals surface area contributed by atoms with Crippen LogP contribution in [0.3, 0.4) is 0 Å². The summed E-state index contributed by atoms with van der Waals surface area (Å²) in [5.41, 5.74) is 2.21. The van der Waals surface area contributed by atoms with Gasteiger partial charge in [-0.25, -0.2) is 0 Å². The van der Waals surface area contributed by atoms with E-state index in [1.807, 2.05) is 12.1 Å². The van der Waals surface area contributed by atoms with Crippen molar-refractivity contribution in [3.05, 3.63) is 28.8 Å². The van der Waals surface area contributed by atoms with Gasteiger partial charge in [-0.2, -0.15) is 0 Å². The van der Waals surface area contributed by atoms with Crippen LogP contribution in [0, 0.1) is 5.92 Å². The normalized spacial score (nSPS) is 17.2. The third-order valence-electron chi connectivity index (χ3n) is 3.52. The van der Waals surface area contributed by atoms with E-state index >= 15 is 0 Å². The predicted molar refractivity (Wildman–Crippen MR) is 71.6 cm³/mol. The molecule has 0 heterocycles. The van der Waals surface area contributed by atoms with E-state index < -0.39 is 0 Å². The number of rotatable bonds is 4. The van der Waals surface area contributed by atoms with Gasteiger partial charge in [-0.1, -0.05) is 17.7 Å². The lowest BCUT2D eigenvalue weighted by Crippen LogP contribution is -2.31. The Bertz CT molecular complexity index is 374. The van der Waals surface area contributed by atoms with E-state index in [-0.39, 0.29) is 0 Å². The fourth-order valence-corrected chi connectivity index (χ4v) is 2.71. The number of hydrogen-bond donors (Lipinski definition) is 0. The molecular formula is C13H17Cl2N. The van der Waals surface area contributed by atoms with Gasteiger partial charge in [0.1, 0.15) is 0 Å². The molecule has 0 saturated heterocycles. The van der Waals surface area contributed by atoms with E-state index in [1.54, 1.807) is 0 Å². The molecule has 0 bridgehead atoms. The van der Waals surface area contributed by atoms with Crippen LogP contribution in [-0.4, -0.2) is 13.1 Å². The van der Waals surface area contributed by atoms with Crippen LogP contribution >= 0.6 is 23.2 Å². The van der Waals surface area contributed by atoms with Crippen LogP contribution in [0.15, 0.2) is 18.2 Å². The smallest absolute Gasteiger partial charge is 0.0509 e. The molecule has 0 aliphatic heterocycles. The summed E-state index contributed by atoms with van der Waals surface area (Å²) >= 11 is 12.1. The predicted octanol–water partition coefficient (Wildman–Crippen LogP) is 4.31. The van der Waals surface area contributed by atoms with Gasteiger partial charge in [0, 0.05) is 29.4 Å². The van der Waals surface area contributed by atoms with Crippen molar-refractivity contribution in [2.45, 2.75) is 31.7 Å². The Morgan fingerprint density at radius 2 is 2.12 bits per heavy atom. The summed E-state index contributed by atoms with van der Waals surface area (Å²) in [4.78, 5) is 2.31. The molecule has 1 aromatic rings. The summed E-state index contributed by atoms with van der Waals surface area (Å²) in [7, 11) is 2.13. The van der Waals surface area contributed by atoms with Crippen molar-refractivity contribution in [1.82, 2.24) is 0 Å². The lowest BCUT2D eigenvalue weighted by molar-refractivity contribution is 0.608. The molecule has 0 amide bonds. The zero-order chi connectivity index (χ0) is 11.7. The summed E-state index contributed by atoms with van der Waals surface area (Å²) in [6.07, 6.45) is 2.70. The first kappa shape index (κ1) is 12.1. The van der Waals surface area contributed by atoms with E-state index in [0.717, 1.165) is 16.5 Å². The van der Waals surface area contributed by atoms with Gasteiger partial charge in [0.2, 0.25) is 0 Å². The molecule has 1 nitrogen and oxygen atoms in total. The van der Waals surface area contributed by atoms with Crippen LogP contribution in [0.1, 0.15) is 25.3 Å². The highest BCUT2D eigenvalue weighted by atomic mass is 35.5. The largest absolute Gasteiger partial charge is 0.371 e. The number of nitrogens with zero attached hydrogens (tertiary/aromatic N) is 1. The second-order valence-electron chi connectivity index (χ2n) is 4.56. The van der Waals surface area contributed by atoms with Crippen molar-refractivity contribution in [3.63, 3.8) is 0 Å². The summed E-state index contributed by atoms with van der Waals surface area (Å²) in [6, 6.07) is 6.56. The molecule has 1 saturated carbocycles. The van der Waals surface area contributed by atoms with Crippen molar-refractivity contribution < 1.29 is 0 Å². The zero-order valence-corrected chi connectivity index (χ0v) is 11.2. The van der Waals surface area contributed by atoms with Crippen LogP contribution in [0.4, 0.5) is 5.69 Å². The molecular weight excluding hydrogens is 241 g/mol. The second kappa shape index (κ2) is 4.85. The minimum atomic E-state index is 0.469. The summed E-state index contributed by atoms with van der Waals surface area (Å²) in [6.45, 7) is 2.27. The standard InChI is InChI=1S/C13H17Cl2N/c1-9(10-6-7-10)16(2)13-5-3-4-12(15)11(13)8-14/h3-5,9-10H,6-8H2,1-2H3. The van der Waals surface area contributed by atoms with Gasteiger partial charge < -0.3 is 4.90 Å². The van der Waals surface area contributed by atoms with E-state index in [0.29, 0.717) is 11.9 Å². The number of benzene rings is 1. The molecule has 1 aliphatic rings. The summed E-state index contributed by atoms with van der Waals surface area (Å²) in [5.74, 6) is 1.31. The van der Waals surface area contributed by atoms with Crippen LogP contribution in [0.5, 0.6) is 0 Å². The number of anilines is 1. The Labute approximate surface area is 107 Å². The average Bonchev–Trinajstić information content (AvgIpc) is 3.10. The Morgan fingerprint density at radius 3 is 2.69 bits per heavy atom.